The largest absolute Gasteiger partial charge is 0.315 e. The van der Waals surface area contributed by atoms with Gasteiger partial charge in [-0.25, -0.2) is 0 Å². The van der Waals surface area contributed by atoms with Crippen molar-refractivity contribution in [3.05, 3.63) is 0 Å². The molecule has 1 rings (SSSR count). The highest BCUT2D eigenvalue weighted by Gasteiger charge is 2.32. The lowest BCUT2D eigenvalue weighted by Crippen LogP contribution is -2.53. The molecule has 4 atom stereocenters. The fourth-order valence-corrected chi connectivity index (χ4v) is 3.37. The lowest BCUT2D eigenvalue weighted by atomic mass is 9.80. The summed E-state index contributed by atoms with van der Waals surface area (Å²) in [6.45, 7) is 11.8. The summed E-state index contributed by atoms with van der Waals surface area (Å²) < 4.78 is 0. The number of rotatable bonds is 7. The van der Waals surface area contributed by atoms with E-state index >= 15 is 0 Å². The third-order valence-corrected chi connectivity index (χ3v) is 4.99. The van der Waals surface area contributed by atoms with E-state index in [0.29, 0.717) is 6.04 Å². The highest BCUT2D eigenvalue weighted by atomic mass is 15.2. The molecule has 1 aliphatic rings. The Morgan fingerprint density at radius 2 is 1.94 bits per heavy atom. The van der Waals surface area contributed by atoms with Crippen molar-refractivity contribution in [3.63, 3.8) is 0 Å². The van der Waals surface area contributed by atoms with Crippen molar-refractivity contribution in [1.29, 1.82) is 0 Å². The van der Waals surface area contributed by atoms with Crippen LogP contribution in [0.15, 0.2) is 0 Å². The van der Waals surface area contributed by atoms with Crippen LogP contribution in [0.25, 0.3) is 0 Å². The van der Waals surface area contributed by atoms with Crippen LogP contribution in [-0.2, 0) is 0 Å². The molecule has 0 heterocycles. The third kappa shape index (κ3) is 4.24. The second kappa shape index (κ2) is 8.16. The molecule has 1 N–H and O–H groups in total. The number of likely N-dealkylation sites (N-methyl/N-ethyl adjacent to an activating group) is 2. The van der Waals surface area contributed by atoms with E-state index in [1.54, 1.807) is 0 Å². The summed E-state index contributed by atoms with van der Waals surface area (Å²) in [5.41, 5.74) is 0. The first kappa shape index (κ1) is 16.0. The standard InChI is InChI=1S/C16H34N2/c1-6-13(4)12-18(8-3)16-11-14(7-2)9-10-15(16)17-5/h13-17H,6-12H2,1-5H3. The molecule has 0 bridgehead atoms. The lowest BCUT2D eigenvalue weighted by Gasteiger charge is -2.43. The topological polar surface area (TPSA) is 15.3 Å². The first-order chi connectivity index (χ1) is 8.65. The Morgan fingerprint density at radius 1 is 1.22 bits per heavy atom. The van der Waals surface area contributed by atoms with Crippen molar-refractivity contribution in [1.82, 2.24) is 10.2 Å². The summed E-state index contributed by atoms with van der Waals surface area (Å²) in [5.74, 6) is 1.77. The third-order valence-electron chi connectivity index (χ3n) is 4.99. The molecule has 108 valence electrons. The summed E-state index contributed by atoms with van der Waals surface area (Å²) >= 11 is 0. The highest BCUT2D eigenvalue weighted by Crippen LogP contribution is 2.30. The molecule has 0 aromatic heterocycles. The second-order valence-electron chi connectivity index (χ2n) is 6.15. The normalized spacial score (nSPS) is 30.7. The minimum atomic E-state index is 0.705. The SMILES string of the molecule is CCC(C)CN(CC)C1CC(CC)CCC1NC. The van der Waals surface area contributed by atoms with Crippen molar-refractivity contribution in [2.45, 2.75) is 71.9 Å². The van der Waals surface area contributed by atoms with Gasteiger partial charge in [-0.05, 0) is 44.7 Å². The van der Waals surface area contributed by atoms with Crippen LogP contribution < -0.4 is 5.32 Å². The van der Waals surface area contributed by atoms with Gasteiger partial charge in [-0.2, -0.15) is 0 Å². The predicted octanol–water partition coefficient (Wildman–Crippen LogP) is 3.52. The minimum Gasteiger partial charge on any atom is -0.315 e. The average Bonchev–Trinajstić information content (AvgIpc) is 2.43. The van der Waals surface area contributed by atoms with Crippen LogP contribution in [0.5, 0.6) is 0 Å². The van der Waals surface area contributed by atoms with E-state index in [9.17, 15) is 0 Å². The fraction of sp³-hybridized carbons (Fsp3) is 1.00. The maximum atomic E-state index is 3.56. The molecule has 1 aliphatic carbocycles. The van der Waals surface area contributed by atoms with Crippen molar-refractivity contribution in [2.24, 2.45) is 11.8 Å². The summed E-state index contributed by atoms with van der Waals surface area (Å²) in [7, 11) is 2.14. The van der Waals surface area contributed by atoms with Crippen molar-refractivity contribution in [2.75, 3.05) is 20.1 Å². The molecule has 0 amide bonds. The molecule has 1 fully saturated rings. The number of hydrogen-bond donors (Lipinski definition) is 1. The van der Waals surface area contributed by atoms with Crippen LogP contribution in [-0.4, -0.2) is 37.1 Å². The van der Waals surface area contributed by atoms with Gasteiger partial charge in [0.05, 0.1) is 0 Å². The summed E-state index contributed by atoms with van der Waals surface area (Å²) in [4.78, 5) is 2.73. The Bertz CT molecular complexity index is 217. The molecule has 4 unspecified atom stereocenters. The molecule has 18 heavy (non-hydrogen) atoms. The molecule has 0 spiro atoms. The lowest BCUT2D eigenvalue weighted by molar-refractivity contribution is 0.0899. The Morgan fingerprint density at radius 3 is 2.44 bits per heavy atom. The van der Waals surface area contributed by atoms with Crippen LogP contribution in [0.3, 0.4) is 0 Å². The molecule has 1 saturated carbocycles. The maximum Gasteiger partial charge on any atom is 0.0251 e. The van der Waals surface area contributed by atoms with E-state index in [-0.39, 0.29) is 0 Å². The van der Waals surface area contributed by atoms with Gasteiger partial charge in [-0.15, -0.1) is 0 Å². The quantitative estimate of drug-likeness (QED) is 0.748. The Balaban J connectivity index is 2.65. The molecule has 0 aliphatic heterocycles. The Hall–Kier alpha value is -0.0800. The zero-order valence-corrected chi connectivity index (χ0v) is 13.2. The molecular formula is C16H34N2. The highest BCUT2D eigenvalue weighted by molar-refractivity contribution is 4.90. The van der Waals surface area contributed by atoms with E-state index in [4.69, 9.17) is 0 Å². The van der Waals surface area contributed by atoms with Gasteiger partial charge in [-0.3, -0.25) is 4.90 Å². The first-order valence-corrected chi connectivity index (χ1v) is 8.07. The summed E-state index contributed by atoms with van der Waals surface area (Å²) in [6.07, 6.45) is 6.82. The van der Waals surface area contributed by atoms with Crippen molar-refractivity contribution in [3.8, 4) is 0 Å². The Labute approximate surface area is 115 Å². The van der Waals surface area contributed by atoms with Crippen LogP contribution in [0.2, 0.25) is 0 Å². The molecule has 0 aromatic rings. The van der Waals surface area contributed by atoms with E-state index in [0.717, 1.165) is 17.9 Å². The zero-order valence-electron chi connectivity index (χ0n) is 13.2. The van der Waals surface area contributed by atoms with Gasteiger partial charge in [0, 0.05) is 18.6 Å². The fourth-order valence-electron chi connectivity index (χ4n) is 3.37. The maximum absolute atomic E-state index is 3.56. The first-order valence-electron chi connectivity index (χ1n) is 8.07. The van der Waals surface area contributed by atoms with Gasteiger partial charge in [0.25, 0.3) is 0 Å². The number of hydrogen-bond acceptors (Lipinski definition) is 2. The van der Waals surface area contributed by atoms with Gasteiger partial charge >= 0.3 is 0 Å². The second-order valence-corrected chi connectivity index (χ2v) is 6.15. The van der Waals surface area contributed by atoms with Crippen LogP contribution in [0.1, 0.15) is 59.8 Å². The molecule has 0 aromatic carbocycles. The monoisotopic (exact) mass is 254 g/mol. The van der Waals surface area contributed by atoms with E-state index in [1.165, 1.54) is 45.2 Å². The van der Waals surface area contributed by atoms with Crippen LogP contribution in [0.4, 0.5) is 0 Å². The smallest absolute Gasteiger partial charge is 0.0251 e. The van der Waals surface area contributed by atoms with Crippen molar-refractivity contribution < 1.29 is 0 Å². The molecular weight excluding hydrogens is 220 g/mol. The van der Waals surface area contributed by atoms with Gasteiger partial charge in [0.1, 0.15) is 0 Å². The van der Waals surface area contributed by atoms with Gasteiger partial charge in [-0.1, -0.05) is 40.5 Å². The number of nitrogens with zero attached hydrogens (tertiary/aromatic N) is 1. The zero-order chi connectivity index (χ0) is 13.5. The average molecular weight is 254 g/mol. The molecule has 2 nitrogen and oxygen atoms in total. The van der Waals surface area contributed by atoms with Gasteiger partial charge < -0.3 is 5.32 Å². The van der Waals surface area contributed by atoms with Crippen LogP contribution in [0, 0.1) is 11.8 Å². The minimum absolute atomic E-state index is 0.705. The number of nitrogens with one attached hydrogen (secondary N) is 1. The summed E-state index contributed by atoms with van der Waals surface area (Å²) in [5, 5.41) is 3.56. The molecule has 2 heteroatoms. The Kier molecular flexibility index (Phi) is 7.25. The summed E-state index contributed by atoms with van der Waals surface area (Å²) in [6, 6.07) is 1.46. The molecule has 0 radical (unpaired) electrons. The van der Waals surface area contributed by atoms with E-state index in [2.05, 4.69) is 45.0 Å². The van der Waals surface area contributed by atoms with Crippen molar-refractivity contribution >= 4 is 0 Å². The van der Waals surface area contributed by atoms with Gasteiger partial charge in [0.15, 0.2) is 0 Å². The predicted molar refractivity (Wildman–Crippen MR) is 81.0 cm³/mol. The van der Waals surface area contributed by atoms with E-state index in [1.807, 2.05) is 0 Å². The molecule has 0 saturated heterocycles. The van der Waals surface area contributed by atoms with Gasteiger partial charge in [0.2, 0.25) is 0 Å². The van der Waals surface area contributed by atoms with E-state index < -0.39 is 0 Å². The van der Waals surface area contributed by atoms with Crippen LogP contribution >= 0.6 is 0 Å².